The lowest BCUT2D eigenvalue weighted by Crippen LogP contribution is -2.01. The van der Waals surface area contributed by atoms with Crippen LogP contribution in [0.3, 0.4) is 0 Å². The zero-order valence-electron chi connectivity index (χ0n) is 65.4. The largest absolute Gasteiger partial charge is 0.208 e. The van der Waals surface area contributed by atoms with E-state index in [9.17, 15) is 0 Å². The van der Waals surface area contributed by atoms with Crippen LogP contribution in [0.4, 0.5) is 0 Å². The molecule has 0 spiro atoms. The van der Waals surface area contributed by atoms with Crippen molar-refractivity contribution in [2.45, 2.75) is 0 Å². The number of hydrogen-bond donors (Lipinski definition) is 0. The topological polar surface area (TPSA) is 77.3 Å². The Labute approximate surface area is 696 Å². The number of benzene rings is 20. The van der Waals surface area contributed by atoms with Crippen LogP contribution >= 0.6 is 0 Å². The van der Waals surface area contributed by atoms with Crippen molar-refractivity contribution in [3.63, 3.8) is 0 Å². The van der Waals surface area contributed by atoms with Crippen LogP contribution in [0.2, 0.25) is 0 Å². The molecule has 6 nitrogen and oxygen atoms in total. The maximum Gasteiger partial charge on any atom is 0.164 e. The second-order valence-corrected chi connectivity index (χ2v) is 30.4. The second-order valence-electron chi connectivity index (χ2n) is 30.4. The van der Waals surface area contributed by atoms with E-state index in [1.54, 1.807) is 0 Å². The van der Waals surface area contributed by atoms with Gasteiger partial charge >= 0.3 is 0 Å². The molecule has 120 heavy (non-hydrogen) atoms. The fourth-order valence-electron chi connectivity index (χ4n) is 17.1. The average molecular weight is 1530 g/mol. The van der Waals surface area contributed by atoms with Crippen LogP contribution in [0.1, 0.15) is 0 Å². The SMILES string of the molecule is c1ccc(-c2ccc(-c3ccc(-c4ccc(-c5cc(-c6nc(-c7ccccc7)nc(-c7ccccc7)n6)c6c7ccccc7c7ccccc7c6c5)cc4)cc3)cc2)cc1.c1ccc(-c2cccc(-c3cccc(-c4cccc(-c5cc(-c6nc(-c7ccccc7)nc(-c7ccccc7)n6)c6c7ccccc7c7ccccc7c6c5)c4)c3)c2)cc1. The molecule has 0 saturated carbocycles. The normalized spacial score (nSPS) is 11.3. The van der Waals surface area contributed by atoms with E-state index in [-0.39, 0.29) is 0 Å². The molecule has 2 heterocycles. The maximum absolute atomic E-state index is 5.28. The highest BCUT2D eigenvalue weighted by Gasteiger charge is 2.23. The summed E-state index contributed by atoms with van der Waals surface area (Å²) in [6.07, 6.45) is 0. The Bertz CT molecular complexity index is 7460. The van der Waals surface area contributed by atoms with E-state index < -0.39 is 0 Å². The van der Waals surface area contributed by atoms with Crippen LogP contribution in [0.5, 0.6) is 0 Å². The molecule has 6 heteroatoms. The lowest BCUT2D eigenvalue weighted by atomic mass is 9.88. The summed E-state index contributed by atoms with van der Waals surface area (Å²) in [5, 5.41) is 14.1. The molecule has 0 bridgehead atoms. The summed E-state index contributed by atoms with van der Waals surface area (Å²) in [6.45, 7) is 0. The van der Waals surface area contributed by atoms with Gasteiger partial charge in [0.2, 0.25) is 0 Å². The Morgan fingerprint density at radius 1 is 0.100 bits per heavy atom. The van der Waals surface area contributed by atoms with Gasteiger partial charge in [0.25, 0.3) is 0 Å². The van der Waals surface area contributed by atoms with Crippen molar-refractivity contribution in [2.24, 2.45) is 0 Å². The first-order chi connectivity index (χ1) is 59.5. The molecule has 0 unspecified atom stereocenters. The molecule has 22 aromatic rings. The Morgan fingerprint density at radius 2 is 0.275 bits per heavy atom. The standard InChI is InChI=1S/2C57H37N3/c1-4-17-38(18-5-1)41-23-14-24-42(33-41)43-25-15-26-44(34-43)45-27-16-28-46(35-45)47-36-52-50-31-11-10-29-48(50)49-30-12-13-32-51(49)54(52)53(37-47)57-59-55(39-19-6-2-7-20-39)58-56(60-57)40-21-8-3-9-22-40;1-4-14-38(15-5-1)39-24-26-40(27-25-39)41-28-30-42(31-29-41)43-32-34-44(35-33-43)47-36-52-50-22-11-10-20-48(50)49-21-12-13-23-51(49)54(52)53(37-47)57-59-55(45-16-6-2-7-17-45)58-56(60-57)46-18-8-3-9-19-46/h2*1-37H. The summed E-state index contributed by atoms with van der Waals surface area (Å²) in [7, 11) is 0. The molecule has 0 N–H and O–H groups in total. The molecule has 0 radical (unpaired) electrons. The van der Waals surface area contributed by atoms with Crippen molar-refractivity contribution in [2.75, 3.05) is 0 Å². The van der Waals surface area contributed by atoms with Crippen LogP contribution in [-0.2, 0) is 0 Å². The minimum atomic E-state index is 0.636. The fourth-order valence-corrected chi connectivity index (χ4v) is 17.1. The van der Waals surface area contributed by atoms with E-state index in [2.05, 4.69) is 376 Å². The molecule has 0 fully saturated rings. The maximum atomic E-state index is 5.28. The molecule has 0 atom stereocenters. The molecule has 0 saturated heterocycles. The van der Waals surface area contributed by atoms with Crippen molar-refractivity contribution < 1.29 is 0 Å². The Hall–Kier alpha value is -16.0. The molecule has 20 aromatic carbocycles. The van der Waals surface area contributed by atoms with E-state index in [0.29, 0.717) is 34.9 Å². The van der Waals surface area contributed by atoms with Crippen molar-refractivity contribution in [1.29, 1.82) is 0 Å². The third-order valence-electron chi connectivity index (χ3n) is 23.0. The molecule has 560 valence electrons. The lowest BCUT2D eigenvalue weighted by molar-refractivity contribution is 1.08. The lowest BCUT2D eigenvalue weighted by Gasteiger charge is -2.17. The highest BCUT2D eigenvalue weighted by molar-refractivity contribution is 6.30. The average Bonchev–Trinajstić information content (AvgIpc) is 0.728. The zero-order chi connectivity index (χ0) is 79.7. The fraction of sp³-hybridized carbons (Fsp3) is 0. The van der Waals surface area contributed by atoms with E-state index >= 15 is 0 Å². The van der Waals surface area contributed by atoms with Gasteiger partial charge in [-0.2, -0.15) is 0 Å². The van der Waals surface area contributed by atoms with E-state index in [1.165, 1.54) is 93.3 Å². The Balaban J connectivity index is 0.000000148. The second kappa shape index (κ2) is 31.6. The van der Waals surface area contributed by atoms with E-state index in [4.69, 9.17) is 29.9 Å². The quantitative estimate of drug-likeness (QED) is 0.101. The molecule has 0 aliphatic carbocycles. The van der Waals surface area contributed by atoms with Crippen LogP contribution in [0.25, 0.3) is 222 Å². The van der Waals surface area contributed by atoms with Gasteiger partial charge < -0.3 is 0 Å². The van der Waals surface area contributed by atoms with Crippen LogP contribution in [0.15, 0.2) is 449 Å². The van der Waals surface area contributed by atoms with Gasteiger partial charge in [-0.1, -0.05) is 406 Å². The molecule has 2 aromatic heterocycles. The highest BCUT2D eigenvalue weighted by atomic mass is 15.0. The summed E-state index contributed by atoms with van der Waals surface area (Å²) < 4.78 is 0. The first-order valence-corrected chi connectivity index (χ1v) is 40.7. The Kier molecular flexibility index (Phi) is 18.9. The predicted molar refractivity (Wildman–Crippen MR) is 501 cm³/mol. The van der Waals surface area contributed by atoms with Crippen molar-refractivity contribution in [1.82, 2.24) is 29.9 Å². The summed E-state index contributed by atoms with van der Waals surface area (Å²) in [5.41, 5.74) is 24.4. The molecular formula is C114H74N6. The van der Waals surface area contributed by atoms with Crippen molar-refractivity contribution in [3.8, 4) is 157 Å². The Morgan fingerprint density at radius 3 is 0.558 bits per heavy atom. The van der Waals surface area contributed by atoms with Gasteiger partial charge in [-0.25, -0.2) is 29.9 Å². The van der Waals surface area contributed by atoms with Gasteiger partial charge in [0.05, 0.1) is 0 Å². The molecule has 0 amide bonds. The summed E-state index contributed by atoms with van der Waals surface area (Å²) in [6, 6.07) is 159. The number of rotatable bonds is 14. The van der Waals surface area contributed by atoms with E-state index in [1.807, 2.05) is 72.8 Å². The number of aromatic nitrogens is 6. The van der Waals surface area contributed by atoms with Gasteiger partial charge in [-0.15, -0.1) is 0 Å². The summed E-state index contributed by atoms with van der Waals surface area (Å²) in [5.74, 6) is 3.84. The summed E-state index contributed by atoms with van der Waals surface area (Å²) >= 11 is 0. The predicted octanol–water partition coefficient (Wildman–Crippen LogP) is 30.0. The van der Waals surface area contributed by atoms with Crippen LogP contribution in [0, 0.1) is 0 Å². The number of nitrogens with zero attached hydrogens (tertiary/aromatic N) is 6. The van der Waals surface area contributed by atoms with Gasteiger partial charge in [0, 0.05) is 44.2 Å². The first-order valence-electron chi connectivity index (χ1n) is 40.7. The molecule has 0 aliphatic heterocycles. The summed E-state index contributed by atoms with van der Waals surface area (Å²) in [4.78, 5) is 31.1. The van der Waals surface area contributed by atoms with Crippen LogP contribution < -0.4 is 0 Å². The molecule has 22 rings (SSSR count). The van der Waals surface area contributed by atoms with Gasteiger partial charge in [-0.05, 0) is 185 Å². The third-order valence-corrected chi connectivity index (χ3v) is 23.0. The van der Waals surface area contributed by atoms with Crippen molar-refractivity contribution in [3.05, 3.63) is 449 Å². The molecular weight excluding hydrogens is 1450 g/mol. The van der Waals surface area contributed by atoms with E-state index in [0.717, 1.165) is 93.7 Å². The minimum absolute atomic E-state index is 0.636. The van der Waals surface area contributed by atoms with Crippen molar-refractivity contribution >= 4 is 64.6 Å². The first kappa shape index (κ1) is 71.7. The third kappa shape index (κ3) is 14.1. The molecule has 0 aliphatic rings. The smallest absolute Gasteiger partial charge is 0.164 e. The zero-order valence-corrected chi connectivity index (χ0v) is 65.4. The van der Waals surface area contributed by atoms with Gasteiger partial charge in [0.15, 0.2) is 34.9 Å². The highest BCUT2D eigenvalue weighted by Crippen LogP contribution is 2.47. The van der Waals surface area contributed by atoms with Gasteiger partial charge in [-0.3, -0.25) is 0 Å². The number of hydrogen-bond acceptors (Lipinski definition) is 6. The monoisotopic (exact) mass is 1530 g/mol. The minimum Gasteiger partial charge on any atom is -0.208 e. The number of fused-ring (bicyclic) bond motifs is 12. The van der Waals surface area contributed by atoms with Gasteiger partial charge in [0.1, 0.15) is 0 Å². The van der Waals surface area contributed by atoms with Crippen LogP contribution in [-0.4, -0.2) is 29.9 Å².